The van der Waals surface area contributed by atoms with Crippen molar-refractivity contribution in [2.75, 3.05) is 16.5 Å². The van der Waals surface area contributed by atoms with Gasteiger partial charge in [0.1, 0.15) is 24.0 Å². The molecule has 5 heteroatoms. The summed E-state index contributed by atoms with van der Waals surface area (Å²) in [5.74, 6) is 2.83. The van der Waals surface area contributed by atoms with Crippen molar-refractivity contribution in [3.8, 4) is 17.3 Å². The molecular weight excluding hydrogens is 673 g/mol. The van der Waals surface area contributed by atoms with Gasteiger partial charge in [0.2, 0.25) is 0 Å². The Morgan fingerprint density at radius 1 is 0.455 bits per heavy atom. The van der Waals surface area contributed by atoms with Crippen molar-refractivity contribution in [2.45, 2.75) is 11.8 Å². The SMILES string of the molecule is c1ccc(N2CN(c3cccc(Oc4ccc5c6ccccc6n(-c6nccc7c6C6c8ccccc8C7c7ccccc76)c5c4)c3)c3ccccc32)cc1. The summed E-state index contributed by atoms with van der Waals surface area (Å²) >= 11 is 0. The zero-order chi connectivity index (χ0) is 36.0. The van der Waals surface area contributed by atoms with Crippen molar-refractivity contribution in [1.29, 1.82) is 0 Å². The average Bonchev–Trinajstić information content (AvgIpc) is 3.80. The van der Waals surface area contributed by atoms with Crippen LogP contribution < -0.4 is 14.5 Å². The van der Waals surface area contributed by atoms with Gasteiger partial charge in [-0.3, -0.25) is 4.57 Å². The van der Waals surface area contributed by atoms with E-state index in [0.717, 1.165) is 34.0 Å². The van der Waals surface area contributed by atoms with Crippen molar-refractivity contribution in [1.82, 2.24) is 9.55 Å². The van der Waals surface area contributed by atoms with E-state index in [9.17, 15) is 0 Å². The van der Waals surface area contributed by atoms with Crippen LogP contribution in [0.2, 0.25) is 0 Å². The zero-order valence-electron chi connectivity index (χ0n) is 29.9. The van der Waals surface area contributed by atoms with Crippen LogP contribution in [0.5, 0.6) is 11.5 Å². The van der Waals surface area contributed by atoms with Crippen LogP contribution in [-0.4, -0.2) is 16.2 Å². The lowest BCUT2D eigenvalue weighted by atomic mass is 9.61. The Morgan fingerprint density at radius 3 is 1.82 bits per heavy atom. The number of hydrogen-bond acceptors (Lipinski definition) is 4. The van der Waals surface area contributed by atoms with Crippen molar-refractivity contribution in [3.05, 3.63) is 216 Å². The first-order valence-corrected chi connectivity index (χ1v) is 19.0. The summed E-state index contributed by atoms with van der Waals surface area (Å²) in [6, 6.07) is 63.0. The topological polar surface area (TPSA) is 33.5 Å². The first-order chi connectivity index (χ1) is 27.3. The van der Waals surface area contributed by atoms with Gasteiger partial charge < -0.3 is 14.5 Å². The monoisotopic (exact) mass is 706 g/mol. The van der Waals surface area contributed by atoms with Crippen LogP contribution in [-0.2, 0) is 0 Å². The van der Waals surface area contributed by atoms with Gasteiger partial charge in [0.25, 0.3) is 0 Å². The highest BCUT2D eigenvalue weighted by Crippen LogP contribution is 2.57. The Bertz CT molecular complexity index is 2940. The Balaban J connectivity index is 0.968. The van der Waals surface area contributed by atoms with Gasteiger partial charge in [0, 0.05) is 57.9 Å². The minimum absolute atomic E-state index is 0.100. The van der Waals surface area contributed by atoms with Gasteiger partial charge in [-0.1, -0.05) is 103 Å². The third-order valence-corrected chi connectivity index (χ3v) is 11.9. The second-order valence-corrected chi connectivity index (χ2v) is 14.7. The highest BCUT2D eigenvalue weighted by Gasteiger charge is 2.43. The number of fused-ring (bicyclic) bond motifs is 4. The number of hydrogen-bond donors (Lipinski definition) is 0. The van der Waals surface area contributed by atoms with Crippen LogP contribution in [0.15, 0.2) is 182 Å². The lowest BCUT2D eigenvalue weighted by Crippen LogP contribution is -2.29. The summed E-state index contributed by atoms with van der Waals surface area (Å²) in [4.78, 5) is 9.94. The molecule has 0 unspecified atom stereocenters. The number of ether oxygens (including phenoxy) is 1. The minimum Gasteiger partial charge on any atom is -0.457 e. The minimum atomic E-state index is 0.100. The number of benzene rings is 7. The first-order valence-electron chi connectivity index (χ1n) is 19.0. The van der Waals surface area contributed by atoms with E-state index in [4.69, 9.17) is 9.72 Å². The molecule has 1 aliphatic heterocycles. The maximum absolute atomic E-state index is 6.75. The molecule has 3 heterocycles. The molecule has 2 bridgehead atoms. The third kappa shape index (κ3) is 4.44. The number of rotatable bonds is 5. The van der Waals surface area contributed by atoms with Crippen LogP contribution in [0.25, 0.3) is 27.6 Å². The molecule has 260 valence electrons. The van der Waals surface area contributed by atoms with Gasteiger partial charge in [0.15, 0.2) is 0 Å². The second kappa shape index (κ2) is 11.7. The molecule has 0 fully saturated rings. The smallest absolute Gasteiger partial charge is 0.142 e. The molecule has 4 aliphatic rings. The van der Waals surface area contributed by atoms with Crippen molar-refractivity contribution >= 4 is 44.6 Å². The number of pyridine rings is 1. The number of para-hydroxylation sites is 4. The van der Waals surface area contributed by atoms with E-state index < -0.39 is 0 Å². The largest absolute Gasteiger partial charge is 0.457 e. The summed E-state index contributed by atoms with van der Waals surface area (Å²) in [6.07, 6.45) is 2.00. The van der Waals surface area contributed by atoms with E-state index in [1.165, 1.54) is 61.2 Å². The van der Waals surface area contributed by atoms with E-state index in [-0.39, 0.29) is 11.8 Å². The van der Waals surface area contributed by atoms with Crippen LogP contribution in [0.4, 0.5) is 22.7 Å². The van der Waals surface area contributed by atoms with E-state index in [1.807, 2.05) is 12.3 Å². The standard InChI is InChI=1S/C50H34N4O/c1-2-13-32(14-3-1)52-31-53(45-24-11-10-23-44(45)52)33-15-12-16-34(29-33)55-35-25-26-37-36-17-8-9-22-43(36)54(46(37)30-35)50-49-42(27-28-51-50)47-38-18-4-6-20-40(38)48(49)41-21-7-5-19-39(41)47/h1-30,47-48H,31H2. The maximum Gasteiger partial charge on any atom is 0.142 e. The Kier molecular flexibility index (Phi) is 6.46. The van der Waals surface area contributed by atoms with Crippen LogP contribution >= 0.6 is 0 Å². The highest BCUT2D eigenvalue weighted by atomic mass is 16.5. The lowest BCUT2D eigenvalue weighted by molar-refractivity contribution is 0.483. The third-order valence-electron chi connectivity index (χ3n) is 11.9. The number of aromatic nitrogens is 2. The van der Waals surface area contributed by atoms with Crippen molar-refractivity contribution in [3.63, 3.8) is 0 Å². The molecule has 0 atom stereocenters. The van der Waals surface area contributed by atoms with Gasteiger partial charge in [-0.25, -0.2) is 4.98 Å². The summed E-state index contributed by atoms with van der Waals surface area (Å²) in [6.45, 7) is 0.712. The fraction of sp³-hybridized carbons (Fsp3) is 0.0600. The van der Waals surface area contributed by atoms with Gasteiger partial charge in [0.05, 0.1) is 22.4 Å². The van der Waals surface area contributed by atoms with E-state index in [2.05, 4.69) is 184 Å². The quantitative estimate of drug-likeness (QED) is 0.178. The molecule has 0 saturated carbocycles. The van der Waals surface area contributed by atoms with Crippen molar-refractivity contribution < 1.29 is 4.74 Å². The first kappa shape index (κ1) is 30.4. The molecule has 2 aromatic heterocycles. The molecule has 0 saturated heterocycles. The molecule has 13 rings (SSSR count). The normalized spacial score (nSPS) is 16.2. The van der Waals surface area contributed by atoms with Gasteiger partial charge in [-0.15, -0.1) is 0 Å². The highest BCUT2D eigenvalue weighted by molar-refractivity contribution is 6.09. The van der Waals surface area contributed by atoms with E-state index >= 15 is 0 Å². The van der Waals surface area contributed by atoms with Crippen molar-refractivity contribution in [2.24, 2.45) is 0 Å². The molecule has 3 aliphatic carbocycles. The Hall–Kier alpha value is -7.11. The molecule has 7 aromatic carbocycles. The number of nitrogens with zero attached hydrogens (tertiary/aromatic N) is 4. The molecule has 55 heavy (non-hydrogen) atoms. The van der Waals surface area contributed by atoms with Gasteiger partial charge in [-0.2, -0.15) is 0 Å². The Labute approximate surface area is 318 Å². The van der Waals surface area contributed by atoms with Crippen LogP contribution in [0, 0.1) is 0 Å². The van der Waals surface area contributed by atoms with Crippen LogP contribution in [0.1, 0.15) is 45.2 Å². The molecule has 0 spiro atoms. The fourth-order valence-corrected chi connectivity index (χ4v) is 9.61. The van der Waals surface area contributed by atoms with E-state index in [1.54, 1.807) is 0 Å². The van der Waals surface area contributed by atoms with Crippen LogP contribution in [0.3, 0.4) is 0 Å². The summed E-state index contributed by atoms with van der Waals surface area (Å²) < 4.78 is 9.13. The molecule has 9 aromatic rings. The Morgan fingerprint density at radius 2 is 1.05 bits per heavy atom. The second-order valence-electron chi connectivity index (χ2n) is 14.7. The summed E-state index contributed by atoms with van der Waals surface area (Å²) in [5, 5.41) is 2.37. The fourth-order valence-electron chi connectivity index (χ4n) is 9.61. The molecule has 0 amide bonds. The summed E-state index contributed by atoms with van der Waals surface area (Å²) in [5.41, 5.74) is 15.0. The maximum atomic E-state index is 6.75. The lowest BCUT2D eigenvalue weighted by Gasteiger charge is -2.42. The molecule has 0 radical (unpaired) electrons. The van der Waals surface area contributed by atoms with E-state index in [0.29, 0.717) is 6.67 Å². The molecular formula is C50H34N4O. The zero-order valence-corrected chi connectivity index (χ0v) is 29.9. The predicted octanol–water partition coefficient (Wildman–Crippen LogP) is 12.2. The summed E-state index contributed by atoms with van der Waals surface area (Å²) in [7, 11) is 0. The van der Waals surface area contributed by atoms with Gasteiger partial charge in [-0.05, 0) is 88.5 Å². The van der Waals surface area contributed by atoms with Gasteiger partial charge >= 0.3 is 0 Å². The average molecular weight is 707 g/mol. The molecule has 5 nitrogen and oxygen atoms in total. The number of anilines is 4. The molecule has 0 N–H and O–H groups in total. The predicted molar refractivity (Wildman–Crippen MR) is 222 cm³/mol.